The van der Waals surface area contributed by atoms with Crippen LogP contribution in [0.3, 0.4) is 0 Å². The van der Waals surface area contributed by atoms with Crippen molar-refractivity contribution >= 4 is 50.9 Å². The van der Waals surface area contributed by atoms with Crippen LogP contribution in [0.1, 0.15) is 48.8 Å². The van der Waals surface area contributed by atoms with Crippen molar-refractivity contribution in [2.75, 3.05) is 31.2 Å². The van der Waals surface area contributed by atoms with Gasteiger partial charge in [0, 0.05) is 13.1 Å². The molecule has 1 aliphatic heterocycles. The smallest absolute Gasteiger partial charge is 0.348 e. The van der Waals surface area contributed by atoms with Gasteiger partial charge in [0.1, 0.15) is 15.5 Å². The largest absolute Gasteiger partial charge is 0.466 e. The molecule has 1 unspecified atom stereocenters. The molecular weight excluding hydrogens is 414 g/mol. The number of halogens is 1. The molecule has 9 heteroatoms. The van der Waals surface area contributed by atoms with Gasteiger partial charge in [0.2, 0.25) is 5.28 Å². The first-order valence-corrected chi connectivity index (χ1v) is 11.1. The van der Waals surface area contributed by atoms with E-state index >= 15 is 0 Å². The average Bonchev–Trinajstić information content (AvgIpc) is 3.02. The minimum atomic E-state index is -0.357. The number of rotatable bonds is 6. The first kappa shape index (κ1) is 21.8. The summed E-state index contributed by atoms with van der Waals surface area (Å²) in [7, 11) is 0. The van der Waals surface area contributed by atoms with E-state index in [0.717, 1.165) is 30.3 Å². The third-order valence-corrected chi connectivity index (χ3v) is 6.15. The summed E-state index contributed by atoms with van der Waals surface area (Å²) in [6.45, 7) is 9.64. The Morgan fingerprint density at radius 2 is 2.07 bits per heavy atom. The van der Waals surface area contributed by atoms with E-state index in [1.54, 1.807) is 6.92 Å². The van der Waals surface area contributed by atoms with Gasteiger partial charge in [-0.3, -0.25) is 4.79 Å². The molecule has 1 saturated heterocycles. The molecule has 0 radical (unpaired) electrons. The third kappa shape index (κ3) is 4.80. The van der Waals surface area contributed by atoms with Crippen LogP contribution in [-0.4, -0.2) is 48.2 Å². The summed E-state index contributed by atoms with van der Waals surface area (Å²) in [6, 6.07) is 0. The maximum absolute atomic E-state index is 12.6. The molecule has 1 fully saturated rings. The standard InChI is InChI=1S/C20H26ClN3O4S/c1-5-27-18(25)13-7-6-8-24(9-13)16-14-12(4)15(19(26)28-10-11(2)3)29-17(14)23-20(21)22-16/h11,13H,5-10H2,1-4H3. The Bertz CT molecular complexity index is 915. The predicted molar refractivity (Wildman–Crippen MR) is 114 cm³/mol. The highest BCUT2D eigenvalue weighted by atomic mass is 35.5. The Morgan fingerprint density at radius 1 is 1.31 bits per heavy atom. The van der Waals surface area contributed by atoms with Crippen LogP contribution in [0.15, 0.2) is 0 Å². The second kappa shape index (κ2) is 9.26. The molecule has 3 rings (SSSR count). The maximum atomic E-state index is 12.6. The van der Waals surface area contributed by atoms with E-state index in [0.29, 0.717) is 35.3 Å². The van der Waals surface area contributed by atoms with Crippen LogP contribution >= 0.6 is 22.9 Å². The normalized spacial score (nSPS) is 17.0. The molecule has 29 heavy (non-hydrogen) atoms. The lowest BCUT2D eigenvalue weighted by Crippen LogP contribution is -2.40. The number of hydrogen-bond acceptors (Lipinski definition) is 8. The number of aryl methyl sites for hydroxylation is 1. The summed E-state index contributed by atoms with van der Waals surface area (Å²) in [5.41, 5.74) is 0.781. The van der Waals surface area contributed by atoms with Gasteiger partial charge >= 0.3 is 11.9 Å². The monoisotopic (exact) mass is 439 g/mol. The topological polar surface area (TPSA) is 81.6 Å². The molecule has 0 aromatic carbocycles. The van der Waals surface area contributed by atoms with Gasteiger partial charge in [-0.05, 0) is 49.8 Å². The number of ether oxygens (including phenoxy) is 2. The molecule has 158 valence electrons. The molecule has 2 aromatic rings. The van der Waals surface area contributed by atoms with Gasteiger partial charge in [-0.25, -0.2) is 9.78 Å². The van der Waals surface area contributed by atoms with Crippen molar-refractivity contribution in [1.29, 1.82) is 0 Å². The van der Waals surface area contributed by atoms with E-state index in [1.165, 1.54) is 11.3 Å². The fourth-order valence-electron chi connectivity index (χ4n) is 3.45. The molecule has 0 saturated carbocycles. The van der Waals surface area contributed by atoms with Crippen LogP contribution in [0.25, 0.3) is 10.2 Å². The Labute approximate surface area is 179 Å². The first-order valence-electron chi connectivity index (χ1n) is 9.87. The van der Waals surface area contributed by atoms with Gasteiger partial charge in [-0.2, -0.15) is 4.98 Å². The minimum absolute atomic E-state index is 0.120. The van der Waals surface area contributed by atoms with Crippen LogP contribution in [0.2, 0.25) is 5.28 Å². The van der Waals surface area contributed by atoms with Crippen molar-refractivity contribution in [3.8, 4) is 0 Å². The van der Waals surface area contributed by atoms with Crippen molar-refractivity contribution in [3.05, 3.63) is 15.7 Å². The highest BCUT2D eigenvalue weighted by Crippen LogP contribution is 2.38. The van der Waals surface area contributed by atoms with Crippen molar-refractivity contribution in [2.45, 2.75) is 40.5 Å². The van der Waals surface area contributed by atoms with Gasteiger partial charge in [-0.15, -0.1) is 11.3 Å². The average molecular weight is 440 g/mol. The Kier molecular flexibility index (Phi) is 6.95. The number of nitrogens with zero attached hydrogens (tertiary/aromatic N) is 3. The Balaban J connectivity index is 1.95. The van der Waals surface area contributed by atoms with Crippen LogP contribution in [-0.2, 0) is 14.3 Å². The first-order chi connectivity index (χ1) is 13.8. The summed E-state index contributed by atoms with van der Waals surface area (Å²) in [5.74, 6) is 0.164. The minimum Gasteiger partial charge on any atom is -0.466 e. The molecule has 0 amide bonds. The zero-order chi connectivity index (χ0) is 21.1. The van der Waals surface area contributed by atoms with E-state index in [9.17, 15) is 9.59 Å². The van der Waals surface area contributed by atoms with Crippen LogP contribution in [0.4, 0.5) is 5.82 Å². The van der Waals surface area contributed by atoms with E-state index in [2.05, 4.69) is 9.97 Å². The zero-order valence-corrected chi connectivity index (χ0v) is 18.7. The van der Waals surface area contributed by atoms with Gasteiger partial charge in [0.25, 0.3) is 0 Å². The molecule has 0 spiro atoms. The number of aromatic nitrogens is 2. The van der Waals surface area contributed by atoms with Crippen molar-refractivity contribution in [1.82, 2.24) is 9.97 Å². The second-order valence-corrected chi connectivity index (χ2v) is 8.92. The lowest BCUT2D eigenvalue weighted by atomic mass is 9.98. The molecular formula is C20H26ClN3O4S. The lowest BCUT2D eigenvalue weighted by Gasteiger charge is -2.32. The molecule has 0 N–H and O–H groups in total. The molecule has 1 atom stereocenters. The quantitative estimate of drug-likeness (QED) is 0.491. The fraction of sp³-hybridized carbons (Fsp3) is 0.600. The number of anilines is 1. The molecule has 2 aromatic heterocycles. The second-order valence-electron chi connectivity index (χ2n) is 7.58. The van der Waals surface area contributed by atoms with E-state index < -0.39 is 0 Å². The van der Waals surface area contributed by atoms with Crippen LogP contribution < -0.4 is 4.90 Å². The highest BCUT2D eigenvalue weighted by Gasteiger charge is 2.30. The number of fused-ring (bicyclic) bond motifs is 1. The van der Waals surface area contributed by atoms with Gasteiger partial charge in [0.05, 0.1) is 24.5 Å². The van der Waals surface area contributed by atoms with E-state index in [-0.39, 0.29) is 29.1 Å². The van der Waals surface area contributed by atoms with Crippen LogP contribution in [0.5, 0.6) is 0 Å². The SMILES string of the molecule is CCOC(=O)C1CCCN(c2nc(Cl)nc3sc(C(=O)OCC(C)C)c(C)c23)C1. The number of esters is 2. The third-order valence-electron chi connectivity index (χ3n) is 4.82. The number of piperidine rings is 1. The van der Waals surface area contributed by atoms with Crippen LogP contribution in [0, 0.1) is 18.8 Å². The molecule has 7 nitrogen and oxygen atoms in total. The summed E-state index contributed by atoms with van der Waals surface area (Å²) in [4.78, 5) is 36.8. The Morgan fingerprint density at radius 3 is 2.76 bits per heavy atom. The number of carbonyl (C=O) groups is 2. The highest BCUT2D eigenvalue weighted by molar-refractivity contribution is 7.20. The number of thiophene rings is 1. The van der Waals surface area contributed by atoms with Crippen molar-refractivity contribution in [2.24, 2.45) is 11.8 Å². The lowest BCUT2D eigenvalue weighted by molar-refractivity contribution is -0.148. The van der Waals surface area contributed by atoms with Crippen molar-refractivity contribution in [3.63, 3.8) is 0 Å². The molecule has 0 bridgehead atoms. The number of carbonyl (C=O) groups excluding carboxylic acids is 2. The van der Waals surface area contributed by atoms with Crippen molar-refractivity contribution < 1.29 is 19.1 Å². The maximum Gasteiger partial charge on any atom is 0.348 e. The fourth-order valence-corrected chi connectivity index (χ4v) is 4.73. The van der Waals surface area contributed by atoms with Gasteiger partial charge in [-0.1, -0.05) is 13.8 Å². The number of hydrogen-bond donors (Lipinski definition) is 0. The predicted octanol–water partition coefficient (Wildman–Crippen LogP) is 4.25. The van der Waals surface area contributed by atoms with E-state index in [1.807, 2.05) is 25.7 Å². The summed E-state index contributed by atoms with van der Waals surface area (Å²) in [6.07, 6.45) is 1.63. The molecule has 1 aliphatic rings. The van der Waals surface area contributed by atoms with Gasteiger partial charge < -0.3 is 14.4 Å². The summed E-state index contributed by atoms with van der Waals surface area (Å²) < 4.78 is 10.6. The molecule has 3 heterocycles. The van der Waals surface area contributed by atoms with Gasteiger partial charge in [0.15, 0.2) is 0 Å². The summed E-state index contributed by atoms with van der Waals surface area (Å²) >= 11 is 7.45. The molecule has 0 aliphatic carbocycles. The van der Waals surface area contributed by atoms with E-state index in [4.69, 9.17) is 21.1 Å². The zero-order valence-electron chi connectivity index (χ0n) is 17.2. The Hall–Kier alpha value is -1.93. The summed E-state index contributed by atoms with van der Waals surface area (Å²) in [5, 5.41) is 0.912.